The number of nitrogens with one attached hydrogen (secondary N) is 1. The standard InChI is InChI=1S/C13H29NO3S/c1-6-10-14-12(9-11-18(5,15)16)13(7-2,8-3)17-4/h12,14H,6-11H2,1-5H3. The molecule has 0 bridgehead atoms. The van der Waals surface area contributed by atoms with Crippen LogP contribution in [0.25, 0.3) is 0 Å². The maximum Gasteiger partial charge on any atom is 0.147 e. The SMILES string of the molecule is CCCNC(CCS(C)(=O)=O)C(CC)(CC)OC. The number of rotatable bonds is 10. The largest absolute Gasteiger partial charge is 0.377 e. The van der Waals surface area contributed by atoms with Crippen LogP contribution in [0.5, 0.6) is 0 Å². The van der Waals surface area contributed by atoms with Gasteiger partial charge in [-0.2, -0.15) is 0 Å². The summed E-state index contributed by atoms with van der Waals surface area (Å²) in [5, 5.41) is 3.45. The molecule has 0 heterocycles. The molecule has 0 aliphatic rings. The molecule has 1 unspecified atom stereocenters. The molecular weight excluding hydrogens is 250 g/mol. The fourth-order valence-electron chi connectivity index (χ4n) is 2.38. The molecule has 0 rings (SSSR count). The van der Waals surface area contributed by atoms with Gasteiger partial charge >= 0.3 is 0 Å². The summed E-state index contributed by atoms with van der Waals surface area (Å²) in [6.07, 6.45) is 4.68. The van der Waals surface area contributed by atoms with E-state index in [0.717, 1.165) is 25.8 Å². The maximum absolute atomic E-state index is 11.3. The predicted molar refractivity (Wildman–Crippen MR) is 76.7 cm³/mol. The van der Waals surface area contributed by atoms with E-state index in [0.29, 0.717) is 6.42 Å². The lowest BCUT2D eigenvalue weighted by Crippen LogP contribution is -2.52. The van der Waals surface area contributed by atoms with Gasteiger partial charge < -0.3 is 10.1 Å². The Labute approximate surface area is 112 Å². The lowest BCUT2D eigenvalue weighted by atomic mass is 9.86. The predicted octanol–water partition coefficient (Wildman–Crippen LogP) is 1.99. The molecule has 110 valence electrons. The van der Waals surface area contributed by atoms with Crippen LogP contribution in [0.4, 0.5) is 0 Å². The van der Waals surface area contributed by atoms with Crippen LogP contribution >= 0.6 is 0 Å². The van der Waals surface area contributed by atoms with Gasteiger partial charge in [0.15, 0.2) is 0 Å². The lowest BCUT2D eigenvalue weighted by molar-refractivity contribution is -0.0479. The van der Waals surface area contributed by atoms with Crippen molar-refractivity contribution in [3.8, 4) is 0 Å². The first-order chi connectivity index (χ1) is 8.35. The van der Waals surface area contributed by atoms with Crippen molar-refractivity contribution in [2.24, 2.45) is 0 Å². The molecule has 5 heteroatoms. The van der Waals surface area contributed by atoms with E-state index in [1.165, 1.54) is 6.26 Å². The van der Waals surface area contributed by atoms with Crippen LogP contribution in [0, 0.1) is 0 Å². The minimum atomic E-state index is -2.92. The molecule has 1 N–H and O–H groups in total. The number of methoxy groups -OCH3 is 1. The highest BCUT2D eigenvalue weighted by Gasteiger charge is 2.35. The monoisotopic (exact) mass is 279 g/mol. The third-order valence-electron chi connectivity index (χ3n) is 3.66. The first kappa shape index (κ1) is 17.9. The van der Waals surface area contributed by atoms with Crippen molar-refractivity contribution >= 4 is 9.84 Å². The highest BCUT2D eigenvalue weighted by molar-refractivity contribution is 7.90. The van der Waals surface area contributed by atoms with Gasteiger partial charge in [0.25, 0.3) is 0 Å². The van der Waals surface area contributed by atoms with Gasteiger partial charge in [0.05, 0.1) is 11.4 Å². The summed E-state index contributed by atoms with van der Waals surface area (Å²) in [4.78, 5) is 0. The van der Waals surface area contributed by atoms with Gasteiger partial charge in [-0.05, 0) is 32.2 Å². The zero-order valence-electron chi connectivity index (χ0n) is 12.5. The summed E-state index contributed by atoms with van der Waals surface area (Å²) in [6, 6.07) is 0.0900. The van der Waals surface area contributed by atoms with Gasteiger partial charge in [-0.15, -0.1) is 0 Å². The van der Waals surface area contributed by atoms with Gasteiger partial charge in [0.2, 0.25) is 0 Å². The van der Waals surface area contributed by atoms with E-state index < -0.39 is 9.84 Å². The lowest BCUT2D eigenvalue weighted by Gasteiger charge is -2.39. The first-order valence-corrected chi connectivity index (χ1v) is 8.87. The third kappa shape index (κ3) is 5.67. The van der Waals surface area contributed by atoms with Crippen LogP contribution in [0.1, 0.15) is 46.5 Å². The van der Waals surface area contributed by atoms with Gasteiger partial charge in [0, 0.05) is 19.4 Å². The summed E-state index contributed by atoms with van der Waals surface area (Å²) in [6.45, 7) is 7.18. The van der Waals surface area contributed by atoms with Gasteiger partial charge in [0.1, 0.15) is 9.84 Å². The van der Waals surface area contributed by atoms with E-state index in [2.05, 4.69) is 26.1 Å². The maximum atomic E-state index is 11.3. The summed E-state index contributed by atoms with van der Waals surface area (Å²) in [7, 11) is -1.21. The minimum absolute atomic E-state index is 0.0900. The van der Waals surface area contributed by atoms with Crippen LogP contribution in [0.3, 0.4) is 0 Å². The van der Waals surface area contributed by atoms with Crippen molar-refractivity contribution in [2.75, 3.05) is 25.7 Å². The summed E-state index contributed by atoms with van der Waals surface area (Å²) in [5.41, 5.74) is -0.264. The Bertz CT molecular complexity index is 302. The second-order valence-electron chi connectivity index (χ2n) is 4.90. The van der Waals surface area contributed by atoms with Crippen molar-refractivity contribution in [2.45, 2.75) is 58.1 Å². The second-order valence-corrected chi connectivity index (χ2v) is 7.16. The van der Waals surface area contributed by atoms with Crippen molar-refractivity contribution in [1.29, 1.82) is 0 Å². The van der Waals surface area contributed by atoms with Gasteiger partial charge in [-0.1, -0.05) is 20.8 Å². The number of sulfone groups is 1. The Hall–Kier alpha value is -0.130. The van der Waals surface area contributed by atoms with Crippen LogP contribution in [0.2, 0.25) is 0 Å². The molecular formula is C13H29NO3S. The summed E-state index contributed by atoms with van der Waals surface area (Å²) in [5.74, 6) is 0.208. The fraction of sp³-hybridized carbons (Fsp3) is 1.00. The first-order valence-electron chi connectivity index (χ1n) is 6.81. The molecule has 0 saturated carbocycles. The van der Waals surface area contributed by atoms with E-state index in [4.69, 9.17) is 4.74 Å². The molecule has 1 atom stereocenters. The zero-order chi connectivity index (χ0) is 14.2. The molecule has 4 nitrogen and oxygen atoms in total. The van der Waals surface area contributed by atoms with E-state index in [1.807, 2.05) is 0 Å². The molecule has 0 fully saturated rings. The van der Waals surface area contributed by atoms with E-state index in [9.17, 15) is 8.42 Å². The molecule has 0 aliphatic heterocycles. The highest BCUT2D eigenvalue weighted by atomic mass is 32.2. The summed E-state index contributed by atoms with van der Waals surface area (Å²) < 4.78 is 28.4. The molecule has 0 radical (unpaired) electrons. The second kappa shape index (κ2) is 8.12. The van der Waals surface area contributed by atoms with Crippen LogP contribution in [-0.4, -0.2) is 45.7 Å². The molecule has 0 amide bonds. The quantitative estimate of drug-likeness (QED) is 0.664. The van der Waals surface area contributed by atoms with Crippen molar-refractivity contribution in [3.05, 3.63) is 0 Å². The number of ether oxygens (including phenoxy) is 1. The smallest absolute Gasteiger partial charge is 0.147 e. The highest BCUT2D eigenvalue weighted by Crippen LogP contribution is 2.26. The average molecular weight is 279 g/mol. The Morgan fingerprint density at radius 2 is 1.78 bits per heavy atom. The topological polar surface area (TPSA) is 55.4 Å². The van der Waals surface area contributed by atoms with Crippen LogP contribution in [0.15, 0.2) is 0 Å². The van der Waals surface area contributed by atoms with E-state index >= 15 is 0 Å². The zero-order valence-corrected chi connectivity index (χ0v) is 13.3. The molecule has 0 aliphatic carbocycles. The average Bonchev–Trinajstić information content (AvgIpc) is 2.32. The molecule has 18 heavy (non-hydrogen) atoms. The minimum Gasteiger partial charge on any atom is -0.377 e. The molecule has 0 aromatic rings. The third-order valence-corrected chi connectivity index (χ3v) is 4.63. The Kier molecular flexibility index (Phi) is 8.06. The van der Waals surface area contributed by atoms with E-state index in [-0.39, 0.29) is 17.4 Å². The number of hydrogen-bond donors (Lipinski definition) is 1. The Morgan fingerprint density at radius 1 is 1.22 bits per heavy atom. The van der Waals surface area contributed by atoms with Gasteiger partial charge in [-0.25, -0.2) is 8.42 Å². The van der Waals surface area contributed by atoms with Crippen molar-refractivity contribution in [3.63, 3.8) is 0 Å². The molecule has 0 spiro atoms. The Morgan fingerprint density at radius 3 is 2.11 bits per heavy atom. The summed E-state index contributed by atoms with van der Waals surface area (Å²) >= 11 is 0. The van der Waals surface area contributed by atoms with Crippen molar-refractivity contribution < 1.29 is 13.2 Å². The van der Waals surface area contributed by atoms with Crippen molar-refractivity contribution in [1.82, 2.24) is 5.32 Å². The van der Waals surface area contributed by atoms with Crippen LogP contribution < -0.4 is 5.32 Å². The van der Waals surface area contributed by atoms with E-state index in [1.54, 1.807) is 7.11 Å². The van der Waals surface area contributed by atoms with Gasteiger partial charge in [-0.3, -0.25) is 0 Å². The number of hydrogen-bond acceptors (Lipinski definition) is 4. The molecule has 0 aromatic carbocycles. The normalized spacial score (nSPS) is 14.7. The Balaban J connectivity index is 4.83. The molecule has 0 saturated heterocycles. The van der Waals surface area contributed by atoms with Crippen LogP contribution in [-0.2, 0) is 14.6 Å². The fourth-order valence-corrected chi connectivity index (χ4v) is 3.04. The molecule has 0 aromatic heterocycles.